The van der Waals surface area contributed by atoms with Crippen LogP contribution in [0.3, 0.4) is 0 Å². The van der Waals surface area contributed by atoms with Crippen LogP contribution in [0.5, 0.6) is 11.5 Å². The number of para-hydroxylation sites is 1. The van der Waals surface area contributed by atoms with Crippen molar-refractivity contribution in [1.82, 2.24) is 5.43 Å². The summed E-state index contributed by atoms with van der Waals surface area (Å²) in [5, 5.41) is 4.00. The van der Waals surface area contributed by atoms with Gasteiger partial charge in [0.05, 0.1) is 18.9 Å². The molecule has 7 heteroatoms. The number of benzene rings is 3. The Morgan fingerprint density at radius 2 is 1.83 bits per heavy atom. The lowest BCUT2D eigenvalue weighted by atomic mass is 10.2. The van der Waals surface area contributed by atoms with E-state index in [1.165, 1.54) is 7.11 Å². The van der Waals surface area contributed by atoms with Crippen molar-refractivity contribution in [2.45, 2.75) is 6.61 Å². The summed E-state index contributed by atoms with van der Waals surface area (Å²) in [7, 11) is 1.52. The normalized spacial score (nSPS) is 10.7. The van der Waals surface area contributed by atoms with Crippen LogP contribution in [0, 0.1) is 0 Å². The third-order valence-electron chi connectivity index (χ3n) is 4.02. The van der Waals surface area contributed by atoms with Gasteiger partial charge >= 0.3 is 0 Å². The summed E-state index contributed by atoms with van der Waals surface area (Å²) in [6.07, 6.45) is 1.57. The number of amides is 1. The van der Waals surface area contributed by atoms with Crippen molar-refractivity contribution in [3.8, 4) is 11.5 Å². The molecule has 0 atom stereocenters. The van der Waals surface area contributed by atoms with Gasteiger partial charge < -0.3 is 9.47 Å². The van der Waals surface area contributed by atoms with E-state index < -0.39 is 0 Å². The third kappa shape index (κ3) is 5.92. The maximum Gasteiger partial charge on any atom is 0.275 e. The summed E-state index contributed by atoms with van der Waals surface area (Å²) in [4.78, 5) is 12.2. The van der Waals surface area contributed by atoms with Gasteiger partial charge in [-0.2, -0.15) is 5.10 Å². The van der Waals surface area contributed by atoms with Gasteiger partial charge in [-0.1, -0.05) is 50.1 Å². The second-order valence-electron chi connectivity index (χ2n) is 5.99. The second-order valence-corrected chi connectivity index (χ2v) is 7.76. The Hall–Kier alpha value is -2.64. The molecule has 0 aliphatic rings. The number of hydrogen-bond donors (Lipinski definition) is 1. The molecular formula is C22H18Br2N2O3. The number of hydrazone groups is 1. The molecule has 0 aliphatic carbocycles. The Morgan fingerprint density at radius 3 is 2.55 bits per heavy atom. The minimum absolute atomic E-state index is 0.335. The Bertz CT molecular complexity index is 1020. The van der Waals surface area contributed by atoms with E-state index in [4.69, 9.17) is 9.47 Å². The van der Waals surface area contributed by atoms with Gasteiger partial charge in [0.15, 0.2) is 0 Å². The molecule has 1 amide bonds. The van der Waals surface area contributed by atoms with Crippen LogP contribution in [-0.4, -0.2) is 19.2 Å². The van der Waals surface area contributed by atoms with Crippen molar-refractivity contribution in [3.05, 3.63) is 92.4 Å². The lowest BCUT2D eigenvalue weighted by Gasteiger charge is -2.08. The van der Waals surface area contributed by atoms with E-state index in [1.807, 2.05) is 42.5 Å². The molecule has 29 heavy (non-hydrogen) atoms. The number of nitrogens with zero attached hydrogens (tertiary/aromatic N) is 1. The van der Waals surface area contributed by atoms with Gasteiger partial charge in [0, 0.05) is 14.5 Å². The number of carbonyl (C=O) groups excluding carboxylic acids is 1. The Labute approximate surface area is 186 Å². The van der Waals surface area contributed by atoms with Crippen molar-refractivity contribution >= 4 is 44.0 Å². The maximum atomic E-state index is 12.2. The Kier molecular flexibility index (Phi) is 7.43. The lowest BCUT2D eigenvalue weighted by molar-refractivity contribution is 0.0952. The molecule has 0 spiro atoms. The molecule has 1 N–H and O–H groups in total. The van der Waals surface area contributed by atoms with Crippen LogP contribution in [0.4, 0.5) is 0 Å². The van der Waals surface area contributed by atoms with Crippen LogP contribution in [0.25, 0.3) is 0 Å². The van der Waals surface area contributed by atoms with E-state index in [0.717, 1.165) is 25.8 Å². The number of carbonyl (C=O) groups is 1. The molecule has 0 unspecified atom stereocenters. The van der Waals surface area contributed by atoms with Crippen molar-refractivity contribution in [1.29, 1.82) is 0 Å². The van der Waals surface area contributed by atoms with E-state index in [2.05, 4.69) is 42.4 Å². The molecule has 148 valence electrons. The minimum Gasteiger partial charge on any atom is -0.496 e. The number of rotatable bonds is 7. The number of hydrogen-bond acceptors (Lipinski definition) is 4. The van der Waals surface area contributed by atoms with E-state index >= 15 is 0 Å². The third-order valence-corrected chi connectivity index (χ3v) is 5.25. The summed E-state index contributed by atoms with van der Waals surface area (Å²) < 4.78 is 13.0. The predicted molar refractivity (Wildman–Crippen MR) is 121 cm³/mol. The predicted octanol–water partition coefficient (Wildman–Crippen LogP) is 5.56. The average Bonchev–Trinajstić information content (AvgIpc) is 2.74. The second kappa shape index (κ2) is 10.2. The molecule has 0 aromatic heterocycles. The highest BCUT2D eigenvalue weighted by Gasteiger charge is 2.10. The lowest BCUT2D eigenvalue weighted by Crippen LogP contribution is -2.18. The molecule has 3 aromatic carbocycles. The quantitative estimate of drug-likeness (QED) is 0.329. The maximum absolute atomic E-state index is 12.2. The molecule has 0 saturated heterocycles. The summed E-state index contributed by atoms with van der Waals surface area (Å²) in [5.74, 6) is 0.910. The highest BCUT2D eigenvalue weighted by atomic mass is 79.9. The van der Waals surface area contributed by atoms with E-state index in [-0.39, 0.29) is 5.91 Å². The van der Waals surface area contributed by atoms with E-state index in [1.54, 1.807) is 30.5 Å². The van der Waals surface area contributed by atoms with Crippen LogP contribution in [0.2, 0.25) is 0 Å². The van der Waals surface area contributed by atoms with Gasteiger partial charge in [-0.25, -0.2) is 5.43 Å². The van der Waals surface area contributed by atoms with Gasteiger partial charge in [-0.15, -0.1) is 0 Å². The smallest absolute Gasteiger partial charge is 0.275 e. The number of nitrogens with one attached hydrogen (secondary N) is 1. The molecule has 0 heterocycles. The van der Waals surface area contributed by atoms with Crippen LogP contribution in [0.1, 0.15) is 21.5 Å². The molecule has 5 nitrogen and oxygen atoms in total. The van der Waals surface area contributed by atoms with E-state index in [0.29, 0.717) is 17.9 Å². The summed E-state index contributed by atoms with van der Waals surface area (Å²) >= 11 is 6.96. The van der Waals surface area contributed by atoms with Gasteiger partial charge in [0.1, 0.15) is 18.1 Å². The number of halogens is 2. The molecule has 0 radical (unpaired) electrons. The highest BCUT2D eigenvalue weighted by Crippen LogP contribution is 2.23. The van der Waals surface area contributed by atoms with Crippen LogP contribution in [-0.2, 0) is 6.61 Å². The topological polar surface area (TPSA) is 59.9 Å². The van der Waals surface area contributed by atoms with Crippen LogP contribution < -0.4 is 14.9 Å². The highest BCUT2D eigenvalue weighted by molar-refractivity contribution is 9.11. The first-order valence-corrected chi connectivity index (χ1v) is 10.3. The zero-order valence-electron chi connectivity index (χ0n) is 15.6. The molecule has 0 saturated carbocycles. The monoisotopic (exact) mass is 516 g/mol. The summed E-state index contributed by atoms with van der Waals surface area (Å²) in [5.41, 5.74) is 4.82. The summed E-state index contributed by atoms with van der Waals surface area (Å²) in [6, 6.07) is 20.4. The number of ether oxygens (including phenoxy) is 2. The fourth-order valence-electron chi connectivity index (χ4n) is 2.51. The van der Waals surface area contributed by atoms with Gasteiger partial charge in [-0.3, -0.25) is 4.79 Å². The molecular weight excluding hydrogens is 500 g/mol. The van der Waals surface area contributed by atoms with Crippen molar-refractivity contribution < 1.29 is 14.3 Å². The molecule has 3 rings (SSSR count). The SMILES string of the molecule is COc1ccccc1C(=O)NN=Cc1ccc(OCc2ccc(Br)cc2Br)cc1. The molecule has 0 bridgehead atoms. The van der Waals surface area contributed by atoms with Crippen molar-refractivity contribution in [2.24, 2.45) is 5.10 Å². The zero-order chi connectivity index (χ0) is 20.6. The fourth-order valence-corrected chi connectivity index (χ4v) is 3.67. The largest absolute Gasteiger partial charge is 0.496 e. The molecule has 0 aliphatic heterocycles. The summed E-state index contributed by atoms with van der Waals surface area (Å²) in [6.45, 7) is 0.455. The Morgan fingerprint density at radius 1 is 1.07 bits per heavy atom. The minimum atomic E-state index is -0.335. The average molecular weight is 518 g/mol. The zero-order valence-corrected chi connectivity index (χ0v) is 18.7. The van der Waals surface area contributed by atoms with Crippen LogP contribution >= 0.6 is 31.9 Å². The number of methoxy groups -OCH3 is 1. The van der Waals surface area contributed by atoms with Gasteiger partial charge in [-0.05, 0) is 54.1 Å². The van der Waals surface area contributed by atoms with Crippen molar-refractivity contribution in [2.75, 3.05) is 7.11 Å². The Balaban J connectivity index is 1.55. The molecule has 0 fully saturated rings. The van der Waals surface area contributed by atoms with Crippen LogP contribution in [0.15, 0.2) is 80.8 Å². The first kappa shape index (κ1) is 21.1. The first-order valence-electron chi connectivity index (χ1n) is 8.70. The van der Waals surface area contributed by atoms with Gasteiger partial charge in [0.2, 0.25) is 0 Å². The van der Waals surface area contributed by atoms with E-state index in [9.17, 15) is 4.79 Å². The molecule has 3 aromatic rings. The van der Waals surface area contributed by atoms with Gasteiger partial charge in [0.25, 0.3) is 5.91 Å². The standard InChI is InChI=1S/C22H18Br2N2O3/c1-28-21-5-3-2-4-19(21)22(27)26-25-13-15-6-10-18(11-7-15)29-14-16-8-9-17(23)12-20(16)24/h2-13H,14H2,1H3,(H,26,27). The first-order chi connectivity index (χ1) is 14.1. The van der Waals surface area contributed by atoms with Crippen molar-refractivity contribution in [3.63, 3.8) is 0 Å². The fraction of sp³-hybridized carbons (Fsp3) is 0.0909.